The van der Waals surface area contributed by atoms with Crippen LogP contribution in [0.5, 0.6) is 11.5 Å². The van der Waals surface area contributed by atoms with Gasteiger partial charge in [0, 0.05) is 11.3 Å². The van der Waals surface area contributed by atoms with Crippen LogP contribution in [-0.4, -0.2) is 15.7 Å². The van der Waals surface area contributed by atoms with Crippen molar-refractivity contribution in [2.75, 3.05) is 4.90 Å². The Hall–Kier alpha value is -3.54. The van der Waals surface area contributed by atoms with Crippen LogP contribution in [0.4, 0.5) is 5.69 Å². The van der Waals surface area contributed by atoms with Crippen molar-refractivity contribution in [3.63, 3.8) is 0 Å². The van der Waals surface area contributed by atoms with Gasteiger partial charge >= 0.3 is 8.60 Å². The van der Waals surface area contributed by atoms with Crippen LogP contribution in [0.3, 0.4) is 0 Å². The first-order chi connectivity index (χ1) is 19.5. The van der Waals surface area contributed by atoms with E-state index in [1.807, 2.05) is 54.6 Å². The van der Waals surface area contributed by atoms with E-state index in [0.29, 0.717) is 29.5 Å². The molecule has 0 spiro atoms. The van der Waals surface area contributed by atoms with Crippen LogP contribution >= 0.6 is 8.60 Å². The van der Waals surface area contributed by atoms with Crippen LogP contribution in [0.15, 0.2) is 103 Å². The van der Waals surface area contributed by atoms with Gasteiger partial charge in [-0.3, -0.25) is 4.79 Å². The maximum Gasteiger partial charge on any atom is 0.327 e. The molecule has 0 aliphatic heterocycles. The molecule has 1 fully saturated rings. The van der Waals surface area contributed by atoms with E-state index in [4.69, 9.17) is 9.26 Å². The highest BCUT2D eigenvalue weighted by Gasteiger charge is 2.20. The smallest absolute Gasteiger partial charge is 0.327 e. The Balaban J connectivity index is 1.38. The Morgan fingerprint density at radius 1 is 0.775 bits per heavy atom. The van der Waals surface area contributed by atoms with Crippen LogP contribution in [0.2, 0.25) is 0 Å². The fourth-order valence-electron chi connectivity index (χ4n) is 5.19. The van der Waals surface area contributed by atoms with Crippen LogP contribution in [0, 0.1) is 0 Å². The Bertz CT molecular complexity index is 1370. The number of para-hydroxylation sites is 1. The summed E-state index contributed by atoms with van der Waals surface area (Å²) in [6, 6.07) is 32.7. The molecule has 5 rings (SSSR count). The summed E-state index contributed by atoms with van der Waals surface area (Å²) in [6.45, 7) is 0.430. The quantitative estimate of drug-likeness (QED) is 0.193. The van der Waals surface area contributed by atoms with Gasteiger partial charge in [0.2, 0.25) is 0 Å². The lowest BCUT2D eigenvalue weighted by molar-refractivity contribution is 0.0985. The first-order valence-corrected chi connectivity index (χ1v) is 14.8. The molecule has 206 valence electrons. The molecule has 6 nitrogen and oxygen atoms in total. The lowest BCUT2D eigenvalue weighted by Crippen LogP contribution is -2.30. The second kappa shape index (κ2) is 13.7. The van der Waals surface area contributed by atoms with E-state index in [1.165, 1.54) is 37.7 Å². The van der Waals surface area contributed by atoms with Crippen molar-refractivity contribution >= 4 is 20.2 Å². The molecule has 4 aromatic rings. The molecule has 7 heteroatoms. The molecule has 0 atom stereocenters. The van der Waals surface area contributed by atoms with E-state index >= 15 is 0 Å². The SMILES string of the molecule is O=C(c1ccc(Oc2ccccc2)cc1)N(Cc1ccc(C2CCCCC2)cc1)c1cccc(COP(O)O)c1. The Morgan fingerprint density at radius 2 is 1.48 bits per heavy atom. The topological polar surface area (TPSA) is 79.2 Å². The molecule has 1 aliphatic rings. The van der Waals surface area contributed by atoms with Crippen molar-refractivity contribution in [3.05, 3.63) is 125 Å². The Kier molecular flexibility index (Phi) is 9.58. The molecule has 40 heavy (non-hydrogen) atoms. The molecule has 1 saturated carbocycles. The van der Waals surface area contributed by atoms with Crippen LogP contribution in [0.1, 0.15) is 65.1 Å². The summed E-state index contributed by atoms with van der Waals surface area (Å²) in [5.41, 5.74) is 4.39. The predicted octanol–water partition coefficient (Wildman–Crippen LogP) is 8.10. The molecular formula is C33H34NO5P. The largest absolute Gasteiger partial charge is 0.457 e. The zero-order chi connectivity index (χ0) is 27.7. The lowest BCUT2D eigenvalue weighted by atomic mass is 9.84. The number of anilines is 1. The first-order valence-electron chi connectivity index (χ1n) is 13.7. The number of hydrogen-bond acceptors (Lipinski definition) is 5. The van der Waals surface area contributed by atoms with Gasteiger partial charge in [0.15, 0.2) is 0 Å². The molecule has 0 heterocycles. The number of rotatable bonds is 10. The lowest BCUT2D eigenvalue weighted by Gasteiger charge is -2.25. The fraction of sp³-hybridized carbons (Fsp3) is 0.242. The van der Waals surface area contributed by atoms with Crippen LogP contribution in [-0.2, 0) is 17.7 Å². The zero-order valence-electron chi connectivity index (χ0n) is 22.4. The number of benzene rings is 4. The van der Waals surface area contributed by atoms with Crippen molar-refractivity contribution in [1.82, 2.24) is 0 Å². The summed E-state index contributed by atoms with van der Waals surface area (Å²) in [7, 11) is -2.46. The van der Waals surface area contributed by atoms with Gasteiger partial charge in [0.05, 0.1) is 13.2 Å². The van der Waals surface area contributed by atoms with Gasteiger partial charge < -0.3 is 23.9 Å². The van der Waals surface area contributed by atoms with Crippen LogP contribution in [0.25, 0.3) is 0 Å². The van der Waals surface area contributed by atoms with Crippen LogP contribution < -0.4 is 9.64 Å². The van der Waals surface area contributed by atoms with Crippen molar-refractivity contribution in [2.45, 2.75) is 51.2 Å². The molecule has 2 N–H and O–H groups in total. The van der Waals surface area contributed by atoms with Crippen molar-refractivity contribution in [1.29, 1.82) is 0 Å². The van der Waals surface area contributed by atoms with E-state index < -0.39 is 8.60 Å². The normalized spacial score (nSPS) is 13.8. The fourth-order valence-corrected chi connectivity index (χ4v) is 5.45. The van der Waals surface area contributed by atoms with Gasteiger partial charge in [-0.2, -0.15) is 0 Å². The minimum atomic E-state index is -2.46. The van der Waals surface area contributed by atoms with Gasteiger partial charge in [-0.1, -0.05) is 73.9 Å². The number of amides is 1. The third kappa shape index (κ3) is 7.56. The molecule has 0 unspecified atom stereocenters. The first kappa shape index (κ1) is 28.0. The van der Waals surface area contributed by atoms with E-state index in [2.05, 4.69) is 24.3 Å². The molecule has 4 aromatic carbocycles. The summed E-state index contributed by atoms with van der Waals surface area (Å²) < 4.78 is 10.9. The summed E-state index contributed by atoms with van der Waals surface area (Å²) in [6.07, 6.45) is 6.39. The van der Waals surface area contributed by atoms with Crippen molar-refractivity contribution in [2.24, 2.45) is 0 Å². The number of ether oxygens (including phenoxy) is 1. The third-order valence-corrected chi connectivity index (χ3v) is 7.65. The average molecular weight is 556 g/mol. The molecule has 0 aromatic heterocycles. The second-order valence-electron chi connectivity index (χ2n) is 10.1. The van der Waals surface area contributed by atoms with Gasteiger partial charge in [-0.25, -0.2) is 0 Å². The van der Waals surface area contributed by atoms with E-state index in [-0.39, 0.29) is 12.5 Å². The molecule has 0 bridgehead atoms. The molecular weight excluding hydrogens is 521 g/mol. The highest BCUT2D eigenvalue weighted by molar-refractivity contribution is 7.39. The summed E-state index contributed by atoms with van der Waals surface area (Å²) >= 11 is 0. The Morgan fingerprint density at radius 3 is 2.17 bits per heavy atom. The van der Waals surface area contributed by atoms with Gasteiger partial charge in [0.25, 0.3) is 5.91 Å². The van der Waals surface area contributed by atoms with Gasteiger partial charge in [0.1, 0.15) is 11.5 Å². The third-order valence-electron chi connectivity index (χ3n) is 7.29. The minimum absolute atomic E-state index is 0.0379. The maximum absolute atomic E-state index is 13.9. The predicted molar refractivity (Wildman–Crippen MR) is 158 cm³/mol. The average Bonchev–Trinajstić information content (AvgIpc) is 3.00. The monoisotopic (exact) mass is 555 g/mol. The van der Waals surface area contributed by atoms with E-state index in [0.717, 1.165) is 16.9 Å². The minimum Gasteiger partial charge on any atom is -0.457 e. The summed E-state index contributed by atoms with van der Waals surface area (Å²) in [5, 5.41) is 0. The number of carbonyl (C=O) groups is 1. The molecule has 0 radical (unpaired) electrons. The highest BCUT2D eigenvalue weighted by atomic mass is 31.2. The number of carbonyl (C=O) groups excluding carboxylic acids is 1. The number of hydrogen-bond donors (Lipinski definition) is 2. The van der Waals surface area contributed by atoms with Crippen molar-refractivity contribution < 1.29 is 23.8 Å². The maximum atomic E-state index is 13.9. The van der Waals surface area contributed by atoms with E-state index in [1.54, 1.807) is 29.2 Å². The summed E-state index contributed by atoms with van der Waals surface area (Å²) in [5.74, 6) is 1.86. The van der Waals surface area contributed by atoms with Gasteiger partial charge in [-0.15, -0.1) is 0 Å². The zero-order valence-corrected chi connectivity index (χ0v) is 23.3. The number of nitrogens with zero attached hydrogens (tertiary/aromatic N) is 1. The van der Waals surface area contributed by atoms with E-state index in [9.17, 15) is 14.6 Å². The standard InChI is InChI=1S/C33H34NO5P/c35-33(29-18-20-32(21-19-29)39-31-12-5-2-6-13-31)34(30-11-7-8-26(22-30)24-38-40(36)37)23-25-14-16-28(17-15-25)27-9-3-1-4-10-27/h2,5-8,11-22,27,36-37H,1,3-4,9-10,23-24H2. The molecule has 0 saturated heterocycles. The second-order valence-corrected chi connectivity index (χ2v) is 10.9. The molecule has 1 aliphatic carbocycles. The van der Waals surface area contributed by atoms with Gasteiger partial charge in [-0.05, 0) is 84.0 Å². The van der Waals surface area contributed by atoms with Crippen molar-refractivity contribution in [3.8, 4) is 11.5 Å². The highest BCUT2D eigenvalue weighted by Crippen LogP contribution is 2.33. The Labute approximate surface area is 236 Å². The summed E-state index contributed by atoms with van der Waals surface area (Å²) in [4.78, 5) is 34.0. The molecule has 1 amide bonds.